The van der Waals surface area contributed by atoms with Crippen LogP contribution in [0.25, 0.3) is 0 Å². The van der Waals surface area contributed by atoms with Crippen molar-refractivity contribution in [1.29, 1.82) is 0 Å². The number of halogens is 1. The first-order valence-electron chi connectivity index (χ1n) is 6.72. The molecular weight excluding hydrogens is 316 g/mol. The minimum Gasteiger partial charge on any atom is -0.352 e. The molecule has 1 atom stereocenters. The van der Waals surface area contributed by atoms with Crippen LogP contribution in [-0.2, 0) is 0 Å². The number of anilines is 3. The summed E-state index contributed by atoms with van der Waals surface area (Å²) in [4.78, 5) is 8.92. The zero-order valence-electron chi connectivity index (χ0n) is 11.9. The lowest BCUT2D eigenvalue weighted by Gasteiger charge is -2.14. The molecule has 0 spiro atoms. The van der Waals surface area contributed by atoms with E-state index in [1.165, 1.54) is 0 Å². The molecule has 2 N–H and O–H groups in total. The third kappa shape index (κ3) is 3.93. The molecule has 0 saturated carbocycles. The Morgan fingerprint density at radius 2 is 2.00 bits per heavy atom. The third-order valence-electron chi connectivity index (χ3n) is 2.98. The zero-order chi connectivity index (χ0) is 14.5. The average molecular weight is 335 g/mol. The van der Waals surface area contributed by atoms with E-state index in [1.807, 2.05) is 37.3 Å². The molecule has 4 nitrogen and oxygen atoms in total. The van der Waals surface area contributed by atoms with Gasteiger partial charge in [-0.1, -0.05) is 19.1 Å². The second-order valence-electron chi connectivity index (χ2n) is 4.78. The highest BCUT2D eigenvalue weighted by atomic mass is 79.9. The van der Waals surface area contributed by atoms with Gasteiger partial charge in [0.2, 0.25) is 5.95 Å². The van der Waals surface area contributed by atoms with Gasteiger partial charge in [-0.15, -0.1) is 0 Å². The van der Waals surface area contributed by atoms with Gasteiger partial charge in [0.1, 0.15) is 5.82 Å². The topological polar surface area (TPSA) is 49.8 Å². The number of hydrogen-bond acceptors (Lipinski definition) is 4. The standard InChI is InChI=1S/C15H19BrN4/c1-4-10(2)17-15-18-11(3)9-14(20-15)19-13-8-6-5-7-12(13)16/h5-10H,4H2,1-3H3,(H2,17,18,19,20). The van der Waals surface area contributed by atoms with Gasteiger partial charge in [0, 0.05) is 22.3 Å². The molecule has 0 saturated heterocycles. The van der Waals surface area contributed by atoms with Gasteiger partial charge in [0.15, 0.2) is 0 Å². The number of hydrogen-bond donors (Lipinski definition) is 2. The molecule has 2 rings (SSSR count). The predicted octanol–water partition coefficient (Wildman–Crippen LogP) is 4.50. The second kappa shape index (κ2) is 6.70. The number of para-hydroxylation sites is 1. The molecule has 1 heterocycles. The third-order valence-corrected chi connectivity index (χ3v) is 3.67. The highest BCUT2D eigenvalue weighted by molar-refractivity contribution is 9.10. The first kappa shape index (κ1) is 14.8. The van der Waals surface area contributed by atoms with Crippen molar-refractivity contribution in [3.8, 4) is 0 Å². The molecule has 0 aliphatic rings. The largest absolute Gasteiger partial charge is 0.352 e. The Kier molecular flexibility index (Phi) is 4.95. The molecule has 0 fully saturated rings. The Morgan fingerprint density at radius 3 is 2.70 bits per heavy atom. The fourth-order valence-corrected chi connectivity index (χ4v) is 2.10. The van der Waals surface area contributed by atoms with Crippen LogP contribution < -0.4 is 10.6 Å². The quantitative estimate of drug-likeness (QED) is 0.845. The molecular formula is C15H19BrN4. The van der Waals surface area contributed by atoms with Crippen molar-refractivity contribution in [2.45, 2.75) is 33.2 Å². The van der Waals surface area contributed by atoms with Crippen LogP contribution in [0.4, 0.5) is 17.5 Å². The Hall–Kier alpha value is -1.62. The normalized spacial score (nSPS) is 12.0. The van der Waals surface area contributed by atoms with Crippen LogP contribution in [-0.4, -0.2) is 16.0 Å². The van der Waals surface area contributed by atoms with Crippen molar-refractivity contribution in [3.63, 3.8) is 0 Å². The second-order valence-corrected chi connectivity index (χ2v) is 5.63. The molecule has 1 unspecified atom stereocenters. The predicted molar refractivity (Wildman–Crippen MR) is 87.6 cm³/mol. The SMILES string of the molecule is CCC(C)Nc1nc(C)cc(Nc2ccccc2Br)n1. The summed E-state index contributed by atoms with van der Waals surface area (Å²) in [6.45, 7) is 6.22. The summed E-state index contributed by atoms with van der Waals surface area (Å²) < 4.78 is 1.01. The molecule has 0 radical (unpaired) electrons. The summed E-state index contributed by atoms with van der Waals surface area (Å²) in [5.74, 6) is 1.45. The maximum atomic E-state index is 4.50. The van der Waals surface area contributed by atoms with E-state index in [0.29, 0.717) is 12.0 Å². The molecule has 0 aliphatic carbocycles. The molecule has 0 aliphatic heterocycles. The molecule has 0 amide bonds. The van der Waals surface area contributed by atoms with Gasteiger partial charge in [-0.05, 0) is 48.3 Å². The summed E-state index contributed by atoms with van der Waals surface area (Å²) in [5.41, 5.74) is 1.92. The van der Waals surface area contributed by atoms with Crippen molar-refractivity contribution in [3.05, 3.63) is 40.5 Å². The molecule has 0 bridgehead atoms. The lowest BCUT2D eigenvalue weighted by atomic mass is 10.3. The van der Waals surface area contributed by atoms with Crippen LogP contribution in [0.15, 0.2) is 34.8 Å². The fourth-order valence-electron chi connectivity index (χ4n) is 1.72. The van der Waals surface area contributed by atoms with Crippen molar-refractivity contribution in [1.82, 2.24) is 9.97 Å². The van der Waals surface area contributed by atoms with Crippen LogP contribution in [0.3, 0.4) is 0 Å². The summed E-state index contributed by atoms with van der Waals surface area (Å²) in [5, 5.41) is 6.61. The Bertz CT molecular complexity index is 586. The number of rotatable bonds is 5. The number of benzene rings is 1. The van der Waals surface area contributed by atoms with Gasteiger partial charge in [-0.25, -0.2) is 4.98 Å². The van der Waals surface area contributed by atoms with Gasteiger partial charge in [-0.2, -0.15) is 4.98 Å². The van der Waals surface area contributed by atoms with E-state index in [1.54, 1.807) is 0 Å². The summed E-state index contributed by atoms with van der Waals surface area (Å²) in [7, 11) is 0. The summed E-state index contributed by atoms with van der Waals surface area (Å²) >= 11 is 3.52. The number of aromatic nitrogens is 2. The van der Waals surface area contributed by atoms with E-state index >= 15 is 0 Å². The highest BCUT2D eigenvalue weighted by Crippen LogP contribution is 2.25. The lowest BCUT2D eigenvalue weighted by Crippen LogP contribution is -2.16. The van der Waals surface area contributed by atoms with E-state index < -0.39 is 0 Å². The van der Waals surface area contributed by atoms with Gasteiger partial charge in [0.05, 0.1) is 5.69 Å². The van der Waals surface area contributed by atoms with E-state index in [9.17, 15) is 0 Å². The fraction of sp³-hybridized carbons (Fsp3) is 0.333. The van der Waals surface area contributed by atoms with Crippen LogP contribution in [0.2, 0.25) is 0 Å². The summed E-state index contributed by atoms with van der Waals surface area (Å²) in [6.07, 6.45) is 1.03. The Balaban J connectivity index is 2.22. The number of aryl methyl sites for hydroxylation is 1. The lowest BCUT2D eigenvalue weighted by molar-refractivity contribution is 0.752. The molecule has 106 valence electrons. The molecule has 2 aromatic rings. The molecule has 1 aromatic heterocycles. The molecule has 5 heteroatoms. The van der Waals surface area contributed by atoms with Crippen LogP contribution in [0, 0.1) is 6.92 Å². The average Bonchev–Trinajstić information content (AvgIpc) is 2.40. The smallest absolute Gasteiger partial charge is 0.225 e. The van der Waals surface area contributed by atoms with Gasteiger partial charge in [-0.3, -0.25) is 0 Å². The van der Waals surface area contributed by atoms with Gasteiger partial charge in [0.25, 0.3) is 0 Å². The zero-order valence-corrected chi connectivity index (χ0v) is 13.5. The highest BCUT2D eigenvalue weighted by Gasteiger charge is 2.06. The monoisotopic (exact) mass is 334 g/mol. The van der Waals surface area contributed by atoms with Gasteiger partial charge >= 0.3 is 0 Å². The van der Waals surface area contributed by atoms with E-state index in [2.05, 4.69) is 50.4 Å². The van der Waals surface area contributed by atoms with Crippen LogP contribution in [0.5, 0.6) is 0 Å². The van der Waals surface area contributed by atoms with Crippen molar-refractivity contribution in [2.75, 3.05) is 10.6 Å². The van der Waals surface area contributed by atoms with E-state index in [0.717, 1.165) is 28.1 Å². The summed E-state index contributed by atoms with van der Waals surface area (Å²) in [6, 6.07) is 10.3. The van der Waals surface area contributed by atoms with Crippen molar-refractivity contribution >= 4 is 33.4 Å². The Labute approximate surface area is 128 Å². The number of nitrogens with zero attached hydrogens (tertiary/aromatic N) is 2. The molecule has 1 aromatic carbocycles. The van der Waals surface area contributed by atoms with Crippen LogP contribution >= 0.6 is 15.9 Å². The van der Waals surface area contributed by atoms with E-state index in [-0.39, 0.29) is 0 Å². The van der Waals surface area contributed by atoms with Crippen molar-refractivity contribution in [2.24, 2.45) is 0 Å². The van der Waals surface area contributed by atoms with Gasteiger partial charge < -0.3 is 10.6 Å². The number of nitrogens with one attached hydrogen (secondary N) is 2. The minimum atomic E-state index is 0.355. The first-order chi connectivity index (χ1) is 9.58. The molecule has 20 heavy (non-hydrogen) atoms. The first-order valence-corrected chi connectivity index (χ1v) is 7.51. The maximum absolute atomic E-state index is 4.50. The minimum absolute atomic E-state index is 0.355. The van der Waals surface area contributed by atoms with E-state index in [4.69, 9.17) is 0 Å². The maximum Gasteiger partial charge on any atom is 0.225 e. The van der Waals surface area contributed by atoms with Crippen LogP contribution in [0.1, 0.15) is 26.0 Å². The Morgan fingerprint density at radius 1 is 1.25 bits per heavy atom. The van der Waals surface area contributed by atoms with Crippen molar-refractivity contribution < 1.29 is 0 Å².